The molecule has 88 valence electrons. The number of aryl methyl sites for hydroxylation is 1. The van der Waals surface area contributed by atoms with Crippen molar-refractivity contribution >= 4 is 11.6 Å². The molecular formula is C15H16O2. The largest absolute Gasteiger partial charge is 0.289 e. The molecule has 0 bridgehead atoms. The summed E-state index contributed by atoms with van der Waals surface area (Å²) in [5, 5.41) is 0. The Balaban J connectivity index is 2.74. The van der Waals surface area contributed by atoms with Crippen molar-refractivity contribution in [3.8, 4) is 0 Å². The number of rotatable bonds is 1. The molecule has 2 nitrogen and oxygen atoms in total. The first-order chi connectivity index (χ1) is 7.95. The highest BCUT2D eigenvalue weighted by Crippen LogP contribution is 2.31. The minimum atomic E-state index is 0.00130. The third kappa shape index (κ3) is 1.64. The van der Waals surface area contributed by atoms with Gasteiger partial charge in [-0.25, -0.2) is 0 Å². The predicted octanol–water partition coefficient (Wildman–Crippen LogP) is 3.35. The quantitative estimate of drug-likeness (QED) is 0.738. The number of carbonyl (C=O) groups excluding carboxylic acids is 2. The van der Waals surface area contributed by atoms with Gasteiger partial charge in [0.05, 0.1) is 0 Å². The van der Waals surface area contributed by atoms with Gasteiger partial charge < -0.3 is 0 Å². The summed E-state index contributed by atoms with van der Waals surface area (Å²) in [6.45, 7) is 7.53. The molecule has 2 rings (SSSR count). The van der Waals surface area contributed by atoms with E-state index in [2.05, 4.69) is 0 Å². The Labute approximate surface area is 101 Å². The number of allylic oxidation sites excluding steroid dienone is 2. The Hall–Kier alpha value is -1.70. The lowest BCUT2D eigenvalue weighted by atomic mass is 9.79. The molecule has 1 aromatic rings. The summed E-state index contributed by atoms with van der Waals surface area (Å²) in [6.07, 6.45) is 0. The normalized spacial score (nSPS) is 15.6. The minimum Gasteiger partial charge on any atom is -0.289 e. The number of benzene rings is 1. The Morgan fingerprint density at radius 3 is 2.24 bits per heavy atom. The average Bonchev–Trinajstić information content (AvgIpc) is 2.25. The summed E-state index contributed by atoms with van der Waals surface area (Å²) in [4.78, 5) is 24.6. The van der Waals surface area contributed by atoms with E-state index in [0.717, 1.165) is 5.56 Å². The SMILES string of the molecule is CC1=C(C(C)C)C(=O)c2cccc(C)c2C1=O. The molecule has 0 radical (unpaired) electrons. The minimum absolute atomic E-state index is 0.00130. The van der Waals surface area contributed by atoms with E-state index < -0.39 is 0 Å². The van der Waals surface area contributed by atoms with Crippen LogP contribution in [0.5, 0.6) is 0 Å². The van der Waals surface area contributed by atoms with Crippen molar-refractivity contribution in [3.05, 3.63) is 46.0 Å². The Bertz CT molecular complexity index is 548. The molecule has 0 aromatic heterocycles. The van der Waals surface area contributed by atoms with Crippen LogP contribution in [0.3, 0.4) is 0 Å². The lowest BCUT2D eigenvalue weighted by Gasteiger charge is -2.22. The van der Waals surface area contributed by atoms with Crippen molar-refractivity contribution in [3.63, 3.8) is 0 Å². The summed E-state index contributed by atoms with van der Waals surface area (Å²) < 4.78 is 0. The zero-order chi connectivity index (χ0) is 12.7. The topological polar surface area (TPSA) is 34.1 Å². The highest BCUT2D eigenvalue weighted by atomic mass is 16.1. The smallest absolute Gasteiger partial charge is 0.190 e. The molecule has 0 fully saturated rings. The number of ketones is 2. The molecule has 0 amide bonds. The van der Waals surface area contributed by atoms with Gasteiger partial charge in [-0.05, 0) is 25.3 Å². The molecule has 0 spiro atoms. The van der Waals surface area contributed by atoms with Gasteiger partial charge in [0.15, 0.2) is 11.6 Å². The Morgan fingerprint density at radius 2 is 1.65 bits per heavy atom. The first-order valence-corrected chi connectivity index (χ1v) is 5.85. The maximum atomic E-state index is 12.4. The summed E-state index contributed by atoms with van der Waals surface area (Å²) in [6, 6.07) is 5.45. The molecule has 0 N–H and O–H groups in total. The second-order valence-electron chi connectivity index (χ2n) is 4.85. The number of hydrogen-bond acceptors (Lipinski definition) is 2. The fraction of sp³-hybridized carbons (Fsp3) is 0.333. The second kappa shape index (κ2) is 3.95. The van der Waals surface area contributed by atoms with E-state index >= 15 is 0 Å². The number of hydrogen-bond donors (Lipinski definition) is 0. The van der Waals surface area contributed by atoms with E-state index in [-0.39, 0.29) is 17.5 Å². The fourth-order valence-electron chi connectivity index (χ4n) is 2.48. The predicted molar refractivity (Wildman–Crippen MR) is 67.4 cm³/mol. The third-order valence-electron chi connectivity index (χ3n) is 3.31. The van der Waals surface area contributed by atoms with E-state index in [9.17, 15) is 9.59 Å². The van der Waals surface area contributed by atoms with Gasteiger partial charge in [0.1, 0.15) is 0 Å². The first-order valence-electron chi connectivity index (χ1n) is 5.85. The molecule has 1 aliphatic rings. The van der Waals surface area contributed by atoms with Crippen LogP contribution in [0.25, 0.3) is 0 Å². The van der Waals surface area contributed by atoms with Gasteiger partial charge in [-0.2, -0.15) is 0 Å². The Morgan fingerprint density at radius 1 is 1.00 bits per heavy atom. The van der Waals surface area contributed by atoms with Gasteiger partial charge in [0, 0.05) is 22.3 Å². The molecule has 1 aliphatic carbocycles. The van der Waals surface area contributed by atoms with Gasteiger partial charge in [0.2, 0.25) is 0 Å². The second-order valence-corrected chi connectivity index (χ2v) is 4.85. The molecule has 0 heterocycles. The maximum Gasteiger partial charge on any atom is 0.190 e. The standard InChI is InChI=1S/C15H16O2/c1-8(2)12-10(4)14(16)13-9(3)6-5-7-11(13)15(12)17/h5-8H,1-4H3. The zero-order valence-electron chi connectivity index (χ0n) is 10.6. The van der Waals surface area contributed by atoms with Crippen molar-refractivity contribution in [1.29, 1.82) is 0 Å². The number of Topliss-reactive ketones (excluding diaryl/α,β-unsaturated/α-hetero) is 2. The average molecular weight is 228 g/mol. The number of carbonyl (C=O) groups is 2. The van der Waals surface area contributed by atoms with Crippen LogP contribution in [0, 0.1) is 12.8 Å². The Kier molecular flexibility index (Phi) is 2.74. The van der Waals surface area contributed by atoms with Gasteiger partial charge in [-0.3, -0.25) is 9.59 Å². The lowest BCUT2D eigenvalue weighted by Crippen LogP contribution is -2.24. The molecule has 0 unspecified atom stereocenters. The van der Waals surface area contributed by atoms with Gasteiger partial charge in [0.25, 0.3) is 0 Å². The molecule has 0 aliphatic heterocycles. The number of fused-ring (bicyclic) bond motifs is 1. The van der Waals surface area contributed by atoms with E-state index in [1.807, 2.05) is 32.9 Å². The fourth-order valence-corrected chi connectivity index (χ4v) is 2.48. The van der Waals surface area contributed by atoms with Crippen molar-refractivity contribution in [2.75, 3.05) is 0 Å². The molecule has 0 saturated heterocycles. The van der Waals surface area contributed by atoms with Crippen molar-refractivity contribution in [1.82, 2.24) is 0 Å². The maximum absolute atomic E-state index is 12.4. The van der Waals surface area contributed by atoms with Crippen LogP contribution in [0.2, 0.25) is 0 Å². The summed E-state index contributed by atoms with van der Waals surface area (Å²) in [5.74, 6) is 0.0947. The summed E-state index contributed by atoms with van der Waals surface area (Å²) >= 11 is 0. The van der Waals surface area contributed by atoms with Crippen LogP contribution < -0.4 is 0 Å². The molecular weight excluding hydrogens is 212 g/mol. The van der Waals surface area contributed by atoms with E-state index in [0.29, 0.717) is 22.3 Å². The van der Waals surface area contributed by atoms with Gasteiger partial charge >= 0.3 is 0 Å². The van der Waals surface area contributed by atoms with Crippen LogP contribution in [0.1, 0.15) is 47.1 Å². The third-order valence-corrected chi connectivity index (χ3v) is 3.31. The highest BCUT2D eigenvalue weighted by Gasteiger charge is 2.31. The van der Waals surface area contributed by atoms with E-state index in [1.165, 1.54) is 0 Å². The molecule has 17 heavy (non-hydrogen) atoms. The monoisotopic (exact) mass is 228 g/mol. The van der Waals surface area contributed by atoms with Crippen molar-refractivity contribution in [2.24, 2.45) is 5.92 Å². The van der Waals surface area contributed by atoms with E-state index in [4.69, 9.17) is 0 Å². The molecule has 2 heteroatoms. The van der Waals surface area contributed by atoms with Gasteiger partial charge in [-0.15, -0.1) is 0 Å². The van der Waals surface area contributed by atoms with Crippen molar-refractivity contribution < 1.29 is 9.59 Å². The molecule has 0 saturated carbocycles. The molecule has 1 aromatic carbocycles. The highest BCUT2D eigenvalue weighted by molar-refractivity contribution is 6.27. The van der Waals surface area contributed by atoms with Crippen LogP contribution in [0.4, 0.5) is 0 Å². The summed E-state index contributed by atoms with van der Waals surface area (Å²) in [5.41, 5.74) is 3.28. The van der Waals surface area contributed by atoms with Crippen LogP contribution in [-0.4, -0.2) is 11.6 Å². The van der Waals surface area contributed by atoms with Crippen LogP contribution in [0.15, 0.2) is 29.3 Å². The van der Waals surface area contributed by atoms with E-state index in [1.54, 1.807) is 13.0 Å². The van der Waals surface area contributed by atoms with Crippen molar-refractivity contribution in [2.45, 2.75) is 27.7 Å². The van der Waals surface area contributed by atoms with Crippen LogP contribution in [-0.2, 0) is 0 Å². The zero-order valence-corrected chi connectivity index (χ0v) is 10.6. The first kappa shape index (κ1) is 11.8. The summed E-state index contributed by atoms with van der Waals surface area (Å²) in [7, 11) is 0. The lowest BCUT2D eigenvalue weighted by molar-refractivity contribution is 0.0966. The molecule has 0 atom stereocenters. The van der Waals surface area contributed by atoms with Gasteiger partial charge in [-0.1, -0.05) is 32.0 Å². The van der Waals surface area contributed by atoms with Crippen LogP contribution >= 0.6 is 0 Å².